The van der Waals surface area contributed by atoms with Gasteiger partial charge in [0.1, 0.15) is 6.04 Å². The van der Waals surface area contributed by atoms with E-state index in [9.17, 15) is 4.79 Å². The minimum Gasteiger partial charge on any atom is -0.354 e. The summed E-state index contributed by atoms with van der Waals surface area (Å²) >= 11 is 0. The minimum atomic E-state index is -0.228. The molecule has 6 nitrogen and oxygen atoms in total. The second-order valence-electron chi connectivity index (χ2n) is 5.20. The number of carbonyl (C=O) groups is 1. The van der Waals surface area contributed by atoms with E-state index in [1.54, 1.807) is 10.9 Å². The molecule has 1 atom stereocenters. The average molecular weight is 289 g/mol. The first-order valence-corrected chi connectivity index (χ1v) is 7.39. The van der Waals surface area contributed by atoms with E-state index in [1.165, 1.54) is 0 Å². The molecule has 0 radical (unpaired) electrons. The van der Waals surface area contributed by atoms with Gasteiger partial charge in [-0.25, -0.2) is 0 Å². The Labute approximate surface area is 125 Å². The molecule has 6 heteroatoms. The first kappa shape index (κ1) is 15.3. The van der Waals surface area contributed by atoms with Crippen LogP contribution in [0.5, 0.6) is 0 Å². The smallest absolute Gasteiger partial charge is 0.244 e. The SMILES string of the molecule is CCC(C(=O)NCCCn1nc(C)cc1C)n1cccn1. The van der Waals surface area contributed by atoms with Gasteiger partial charge in [0.2, 0.25) is 5.91 Å². The van der Waals surface area contributed by atoms with Gasteiger partial charge < -0.3 is 5.32 Å². The molecule has 0 saturated carbocycles. The van der Waals surface area contributed by atoms with Crippen molar-refractivity contribution in [3.63, 3.8) is 0 Å². The van der Waals surface area contributed by atoms with Crippen molar-refractivity contribution in [2.45, 2.75) is 46.2 Å². The van der Waals surface area contributed by atoms with E-state index in [0.717, 1.165) is 30.8 Å². The number of hydrogen-bond donors (Lipinski definition) is 1. The Hall–Kier alpha value is -2.11. The number of carbonyl (C=O) groups excluding carboxylic acids is 1. The van der Waals surface area contributed by atoms with Crippen LogP contribution < -0.4 is 5.32 Å². The summed E-state index contributed by atoms with van der Waals surface area (Å²) in [4.78, 5) is 12.2. The summed E-state index contributed by atoms with van der Waals surface area (Å²) in [7, 11) is 0. The van der Waals surface area contributed by atoms with Crippen LogP contribution in [0.25, 0.3) is 0 Å². The van der Waals surface area contributed by atoms with E-state index in [2.05, 4.69) is 21.6 Å². The molecule has 21 heavy (non-hydrogen) atoms. The molecule has 0 aromatic carbocycles. The van der Waals surface area contributed by atoms with Gasteiger partial charge in [-0.3, -0.25) is 14.2 Å². The molecule has 2 aromatic heterocycles. The van der Waals surface area contributed by atoms with Crippen LogP contribution in [-0.2, 0) is 11.3 Å². The molecule has 0 bridgehead atoms. The zero-order chi connectivity index (χ0) is 15.2. The lowest BCUT2D eigenvalue weighted by Gasteiger charge is -2.15. The molecular formula is C15H23N5O. The third kappa shape index (κ3) is 3.93. The highest BCUT2D eigenvalue weighted by atomic mass is 16.2. The monoisotopic (exact) mass is 289 g/mol. The maximum Gasteiger partial charge on any atom is 0.244 e. The van der Waals surface area contributed by atoms with E-state index in [0.29, 0.717) is 6.54 Å². The number of aryl methyl sites for hydroxylation is 3. The number of nitrogens with one attached hydrogen (secondary N) is 1. The lowest BCUT2D eigenvalue weighted by Crippen LogP contribution is -2.33. The molecule has 0 spiro atoms. The summed E-state index contributed by atoms with van der Waals surface area (Å²) in [6.45, 7) is 7.49. The van der Waals surface area contributed by atoms with E-state index in [-0.39, 0.29) is 11.9 Å². The Kier molecular flexibility index (Phi) is 5.14. The molecule has 1 unspecified atom stereocenters. The maximum absolute atomic E-state index is 12.2. The summed E-state index contributed by atoms with van der Waals surface area (Å²) < 4.78 is 3.68. The van der Waals surface area contributed by atoms with Gasteiger partial charge >= 0.3 is 0 Å². The van der Waals surface area contributed by atoms with E-state index < -0.39 is 0 Å². The van der Waals surface area contributed by atoms with Crippen LogP contribution >= 0.6 is 0 Å². The highest BCUT2D eigenvalue weighted by molar-refractivity contribution is 5.80. The molecule has 0 aliphatic carbocycles. The predicted octanol–water partition coefficient (Wildman–Crippen LogP) is 1.85. The van der Waals surface area contributed by atoms with Crippen LogP contribution in [0.2, 0.25) is 0 Å². The highest BCUT2D eigenvalue weighted by Gasteiger charge is 2.17. The zero-order valence-electron chi connectivity index (χ0n) is 12.9. The first-order chi connectivity index (χ1) is 10.1. The fourth-order valence-electron chi connectivity index (χ4n) is 2.42. The van der Waals surface area contributed by atoms with Crippen LogP contribution in [0.15, 0.2) is 24.5 Å². The summed E-state index contributed by atoms with van der Waals surface area (Å²) in [5, 5.41) is 11.5. The largest absolute Gasteiger partial charge is 0.354 e. The Bertz CT molecular complexity index is 573. The molecule has 0 saturated heterocycles. The van der Waals surface area contributed by atoms with Gasteiger partial charge in [0.05, 0.1) is 5.69 Å². The van der Waals surface area contributed by atoms with Crippen molar-refractivity contribution in [2.75, 3.05) is 6.54 Å². The number of hydrogen-bond acceptors (Lipinski definition) is 3. The van der Waals surface area contributed by atoms with Crippen molar-refractivity contribution >= 4 is 5.91 Å². The summed E-state index contributed by atoms with van der Waals surface area (Å²) in [6.07, 6.45) is 5.11. The van der Waals surface area contributed by atoms with Gasteiger partial charge in [-0.15, -0.1) is 0 Å². The molecule has 0 aliphatic rings. The summed E-state index contributed by atoms with van der Waals surface area (Å²) in [5.41, 5.74) is 2.18. The Morgan fingerprint density at radius 3 is 2.81 bits per heavy atom. The minimum absolute atomic E-state index is 0.0227. The van der Waals surface area contributed by atoms with Gasteiger partial charge in [0.25, 0.3) is 0 Å². The number of rotatable bonds is 7. The number of nitrogens with zero attached hydrogens (tertiary/aromatic N) is 4. The predicted molar refractivity (Wildman–Crippen MR) is 80.9 cm³/mol. The summed E-state index contributed by atoms with van der Waals surface area (Å²) in [5.74, 6) is 0.0227. The van der Waals surface area contributed by atoms with Gasteiger partial charge in [0.15, 0.2) is 0 Å². The Morgan fingerprint density at radius 1 is 1.43 bits per heavy atom. The fraction of sp³-hybridized carbons (Fsp3) is 0.533. The second kappa shape index (κ2) is 7.06. The maximum atomic E-state index is 12.2. The third-order valence-corrected chi connectivity index (χ3v) is 3.48. The van der Waals surface area contributed by atoms with Crippen LogP contribution in [0, 0.1) is 13.8 Å². The lowest BCUT2D eigenvalue weighted by molar-refractivity contribution is -0.124. The third-order valence-electron chi connectivity index (χ3n) is 3.48. The molecule has 0 aliphatic heterocycles. The molecule has 0 fully saturated rings. The Morgan fingerprint density at radius 2 is 2.24 bits per heavy atom. The van der Waals surface area contributed by atoms with E-state index in [1.807, 2.05) is 37.7 Å². The quantitative estimate of drug-likeness (QED) is 0.791. The van der Waals surface area contributed by atoms with Gasteiger partial charge in [-0.1, -0.05) is 6.92 Å². The normalized spacial score (nSPS) is 12.3. The van der Waals surface area contributed by atoms with E-state index in [4.69, 9.17) is 0 Å². The van der Waals surface area contributed by atoms with Crippen molar-refractivity contribution in [2.24, 2.45) is 0 Å². The molecule has 1 amide bonds. The van der Waals surface area contributed by atoms with Crippen molar-refractivity contribution in [3.8, 4) is 0 Å². The van der Waals surface area contributed by atoms with Crippen LogP contribution in [0.1, 0.15) is 37.2 Å². The average Bonchev–Trinajstić information content (AvgIpc) is 3.06. The molecule has 2 aromatic rings. The van der Waals surface area contributed by atoms with Gasteiger partial charge in [-0.2, -0.15) is 10.2 Å². The van der Waals surface area contributed by atoms with Gasteiger partial charge in [0, 0.05) is 31.2 Å². The van der Waals surface area contributed by atoms with Crippen LogP contribution in [0.4, 0.5) is 0 Å². The van der Waals surface area contributed by atoms with Crippen molar-refractivity contribution < 1.29 is 4.79 Å². The molecule has 2 rings (SSSR count). The first-order valence-electron chi connectivity index (χ1n) is 7.39. The van der Waals surface area contributed by atoms with Crippen LogP contribution in [0.3, 0.4) is 0 Å². The number of aromatic nitrogens is 4. The Balaban J connectivity index is 1.77. The van der Waals surface area contributed by atoms with Gasteiger partial charge in [-0.05, 0) is 38.8 Å². The molecule has 1 N–H and O–H groups in total. The van der Waals surface area contributed by atoms with Crippen molar-refractivity contribution in [3.05, 3.63) is 35.9 Å². The summed E-state index contributed by atoms with van der Waals surface area (Å²) in [6, 6.07) is 3.66. The van der Waals surface area contributed by atoms with E-state index >= 15 is 0 Å². The highest BCUT2D eigenvalue weighted by Crippen LogP contribution is 2.09. The molecular weight excluding hydrogens is 266 g/mol. The fourth-order valence-corrected chi connectivity index (χ4v) is 2.42. The molecule has 114 valence electrons. The lowest BCUT2D eigenvalue weighted by atomic mass is 10.2. The zero-order valence-corrected chi connectivity index (χ0v) is 12.9. The number of amides is 1. The van der Waals surface area contributed by atoms with Crippen LogP contribution in [-0.4, -0.2) is 32.0 Å². The topological polar surface area (TPSA) is 64.7 Å². The molecule has 2 heterocycles. The van der Waals surface area contributed by atoms with Crippen molar-refractivity contribution in [1.82, 2.24) is 24.9 Å². The standard InChI is InChI=1S/C15H23N5O/c1-4-14(20-10-6-8-17-20)15(21)16-7-5-9-19-13(3)11-12(2)18-19/h6,8,10-11,14H,4-5,7,9H2,1-3H3,(H,16,21). The second-order valence-corrected chi connectivity index (χ2v) is 5.20. The van der Waals surface area contributed by atoms with Crippen molar-refractivity contribution in [1.29, 1.82) is 0 Å².